The van der Waals surface area contributed by atoms with Crippen LogP contribution in [0.2, 0.25) is 0 Å². The molecule has 202 valence electrons. The molecule has 2 aromatic carbocycles. The second-order valence-electron chi connectivity index (χ2n) is 9.85. The lowest BCUT2D eigenvalue weighted by atomic mass is 10.0. The van der Waals surface area contributed by atoms with Crippen LogP contribution in [0.3, 0.4) is 0 Å². The number of anilines is 3. The van der Waals surface area contributed by atoms with Gasteiger partial charge in [0.15, 0.2) is 0 Å². The van der Waals surface area contributed by atoms with Gasteiger partial charge in [-0.1, -0.05) is 24.8 Å². The van der Waals surface area contributed by atoms with Crippen LogP contribution in [0.1, 0.15) is 27.2 Å². The van der Waals surface area contributed by atoms with Crippen LogP contribution in [0.25, 0.3) is 10.2 Å². The normalized spacial score (nSPS) is 16.1. The van der Waals surface area contributed by atoms with E-state index in [-0.39, 0.29) is 23.9 Å². The molecule has 0 bridgehead atoms. The highest BCUT2D eigenvalue weighted by Crippen LogP contribution is 2.47. The standard InChI is InChI=1S/C30H27N5O4S/c1-4-23(36)34-13-11-19(16-34)32-28(37)27-25-24-22(10-12-31-29(24)40-27)35(30(38)33-25)26-17(2)14-21(15-18(26)3)39-20-8-6-5-7-9-20/h4-10,12,14-15,19H,1,11,13,16H2,2-3H3,(H,32,37)(H,33,38). The van der Waals surface area contributed by atoms with E-state index < -0.39 is 0 Å². The van der Waals surface area contributed by atoms with Crippen molar-refractivity contribution in [2.45, 2.75) is 26.3 Å². The number of nitrogens with one attached hydrogen (secondary N) is 2. The van der Waals surface area contributed by atoms with Crippen LogP contribution in [0.15, 0.2) is 67.4 Å². The molecule has 2 aromatic heterocycles. The van der Waals surface area contributed by atoms with Crippen molar-refractivity contribution >= 4 is 56.5 Å². The van der Waals surface area contributed by atoms with Crippen molar-refractivity contribution in [2.75, 3.05) is 23.3 Å². The molecule has 10 heteroatoms. The summed E-state index contributed by atoms with van der Waals surface area (Å²) < 4.78 is 6.03. The Morgan fingerprint density at radius 2 is 1.90 bits per heavy atom. The number of para-hydroxylation sites is 1. The third-order valence-corrected chi connectivity index (χ3v) is 8.23. The summed E-state index contributed by atoms with van der Waals surface area (Å²) in [5.74, 6) is 0.954. The zero-order valence-corrected chi connectivity index (χ0v) is 22.9. The number of nitrogens with zero attached hydrogens (tertiary/aromatic N) is 3. The number of pyridine rings is 1. The molecule has 0 saturated carbocycles. The molecule has 0 radical (unpaired) electrons. The topological polar surface area (TPSA) is 104 Å². The lowest BCUT2D eigenvalue weighted by Gasteiger charge is -2.31. The predicted molar refractivity (Wildman–Crippen MR) is 156 cm³/mol. The van der Waals surface area contributed by atoms with Crippen LogP contribution < -0.4 is 20.3 Å². The van der Waals surface area contributed by atoms with Crippen molar-refractivity contribution in [3.8, 4) is 11.5 Å². The van der Waals surface area contributed by atoms with E-state index in [1.807, 2.05) is 56.3 Å². The van der Waals surface area contributed by atoms with Gasteiger partial charge in [-0.3, -0.25) is 14.5 Å². The van der Waals surface area contributed by atoms with Crippen LogP contribution in [0, 0.1) is 13.8 Å². The number of hydrogen-bond donors (Lipinski definition) is 2. The van der Waals surface area contributed by atoms with Crippen LogP contribution in [0.4, 0.5) is 21.9 Å². The van der Waals surface area contributed by atoms with Gasteiger partial charge < -0.3 is 20.3 Å². The third kappa shape index (κ3) is 4.46. The number of ether oxygens (including phenoxy) is 1. The van der Waals surface area contributed by atoms with Crippen molar-refractivity contribution in [3.05, 3.63) is 83.4 Å². The predicted octanol–water partition coefficient (Wildman–Crippen LogP) is 5.91. The Balaban J connectivity index is 1.32. The largest absolute Gasteiger partial charge is 0.457 e. The number of benzene rings is 2. The van der Waals surface area contributed by atoms with Crippen molar-refractivity contribution in [1.29, 1.82) is 0 Å². The minimum absolute atomic E-state index is 0.153. The second-order valence-corrected chi connectivity index (χ2v) is 10.8. The van der Waals surface area contributed by atoms with Crippen LogP contribution >= 0.6 is 11.3 Å². The van der Waals surface area contributed by atoms with Gasteiger partial charge in [-0.05, 0) is 67.8 Å². The minimum atomic E-state index is -0.362. The fourth-order valence-corrected chi connectivity index (χ4v) is 6.40. The number of aromatic nitrogens is 1. The SMILES string of the molecule is C=CC(=O)N1CCC(NC(=O)c2sc3nccc4c3c2NC(=O)N4c2c(C)cc(Oc3ccccc3)cc2C)C1. The van der Waals surface area contributed by atoms with Gasteiger partial charge in [-0.15, -0.1) is 11.3 Å². The Morgan fingerprint density at radius 1 is 1.15 bits per heavy atom. The summed E-state index contributed by atoms with van der Waals surface area (Å²) in [7, 11) is 0. The number of rotatable bonds is 6. The summed E-state index contributed by atoms with van der Waals surface area (Å²) in [5, 5.41) is 6.70. The van der Waals surface area contributed by atoms with E-state index in [0.29, 0.717) is 46.3 Å². The summed E-state index contributed by atoms with van der Waals surface area (Å²) in [6.45, 7) is 8.39. The Morgan fingerprint density at radius 3 is 2.62 bits per heavy atom. The third-order valence-electron chi connectivity index (χ3n) is 7.13. The van der Waals surface area contributed by atoms with E-state index in [2.05, 4.69) is 22.2 Å². The molecule has 1 atom stereocenters. The highest BCUT2D eigenvalue weighted by Gasteiger charge is 2.35. The van der Waals surface area contributed by atoms with Gasteiger partial charge in [0.2, 0.25) is 5.91 Å². The van der Waals surface area contributed by atoms with E-state index in [0.717, 1.165) is 28.0 Å². The average Bonchev–Trinajstić information content (AvgIpc) is 3.55. The first kappa shape index (κ1) is 25.6. The van der Waals surface area contributed by atoms with Crippen LogP contribution in [-0.2, 0) is 4.79 Å². The highest BCUT2D eigenvalue weighted by molar-refractivity contribution is 7.21. The summed E-state index contributed by atoms with van der Waals surface area (Å²) >= 11 is 1.24. The van der Waals surface area contributed by atoms with E-state index in [4.69, 9.17) is 4.74 Å². The van der Waals surface area contributed by atoms with Crippen LogP contribution in [0.5, 0.6) is 11.5 Å². The van der Waals surface area contributed by atoms with E-state index in [1.54, 1.807) is 22.1 Å². The molecule has 4 amide bonds. The second kappa shape index (κ2) is 10.1. The summed E-state index contributed by atoms with van der Waals surface area (Å²) in [6, 6.07) is 14.6. The van der Waals surface area contributed by atoms with Gasteiger partial charge in [-0.2, -0.15) is 0 Å². The highest BCUT2D eigenvalue weighted by atomic mass is 32.1. The maximum Gasteiger partial charge on any atom is 0.331 e. The number of likely N-dealkylation sites (tertiary alicyclic amines) is 1. The minimum Gasteiger partial charge on any atom is -0.457 e. The van der Waals surface area contributed by atoms with Gasteiger partial charge in [0.05, 0.1) is 22.4 Å². The fourth-order valence-electron chi connectivity index (χ4n) is 5.38. The summed E-state index contributed by atoms with van der Waals surface area (Å²) in [5.41, 5.74) is 3.58. The zero-order valence-electron chi connectivity index (χ0n) is 22.1. The molecule has 6 rings (SSSR count). The van der Waals surface area contributed by atoms with Gasteiger partial charge in [0.25, 0.3) is 5.91 Å². The lowest BCUT2D eigenvalue weighted by Crippen LogP contribution is -2.39. The molecule has 2 aliphatic heterocycles. The van der Waals surface area contributed by atoms with Crippen molar-refractivity contribution in [3.63, 3.8) is 0 Å². The van der Waals surface area contributed by atoms with E-state index in [9.17, 15) is 14.4 Å². The molecule has 4 aromatic rings. The average molecular weight is 554 g/mol. The quantitative estimate of drug-likeness (QED) is 0.289. The smallest absolute Gasteiger partial charge is 0.331 e. The Bertz CT molecular complexity index is 1660. The number of aryl methyl sites for hydroxylation is 2. The van der Waals surface area contributed by atoms with Gasteiger partial charge in [0.1, 0.15) is 21.2 Å². The molecule has 1 saturated heterocycles. The molecule has 2 N–H and O–H groups in total. The number of amides is 4. The van der Waals surface area contributed by atoms with Gasteiger partial charge >= 0.3 is 6.03 Å². The zero-order chi connectivity index (χ0) is 28.0. The fraction of sp³-hybridized carbons (Fsp3) is 0.200. The maximum absolute atomic E-state index is 13.6. The Kier molecular flexibility index (Phi) is 6.47. The molecule has 1 unspecified atom stereocenters. The monoisotopic (exact) mass is 553 g/mol. The number of carbonyl (C=O) groups is 3. The number of thiophene rings is 1. The molecular weight excluding hydrogens is 526 g/mol. The van der Waals surface area contributed by atoms with Gasteiger partial charge in [-0.25, -0.2) is 9.78 Å². The first-order chi connectivity index (χ1) is 19.3. The summed E-state index contributed by atoms with van der Waals surface area (Å²) in [4.78, 5) is 47.8. The molecule has 2 aliphatic rings. The van der Waals surface area contributed by atoms with E-state index >= 15 is 0 Å². The molecule has 4 heterocycles. The van der Waals surface area contributed by atoms with Gasteiger partial charge in [0, 0.05) is 25.3 Å². The molecule has 40 heavy (non-hydrogen) atoms. The lowest BCUT2D eigenvalue weighted by molar-refractivity contribution is -0.125. The molecule has 9 nitrogen and oxygen atoms in total. The van der Waals surface area contributed by atoms with Crippen molar-refractivity contribution in [2.24, 2.45) is 0 Å². The molecule has 0 aliphatic carbocycles. The first-order valence-electron chi connectivity index (χ1n) is 12.9. The summed E-state index contributed by atoms with van der Waals surface area (Å²) in [6.07, 6.45) is 3.58. The maximum atomic E-state index is 13.6. The molecular formula is C30H27N5O4S. The van der Waals surface area contributed by atoms with E-state index in [1.165, 1.54) is 17.4 Å². The molecule has 1 fully saturated rings. The molecule has 0 spiro atoms. The number of carbonyl (C=O) groups excluding carboxylic acids is 3. The number of hydrogen-bond acceptors (Lipinski definition) is 6. The van der Waals surface area contributed by atoms with Crippen LogP contribution in [-0.4, -0.2) is 46.9 Å². The number of urea groups is 1. The Labute approximate surface area is 235 Å². The first-order valence-corrected chi connectivity index (χ1v) is 13.7. The van der Waals surface area contributed by atoms with Crippen molar-refractivity contribution < 1.29 is 19.1 Å². The van der Waals surface area contributed by atoms with Crippen molar-refractivity contribution in [1.82, 2.24) is 15.2 Å². The Hall–Kier alpha value is -4.70.